The van der Waals surface area contributed by atoms with Gasteiger partial charge in [-0.3, -0.25) is 4.79 Å². The van der Waals surface area contributed by atoms with Crippen molar-refractivity contribution >= 4 is 11.8 Å². The number of rotatable bonds is 3. The van der Waals surface area contributed by atoms with Crippen LogP contribution >= 0.6 is 0 Å². The largest absolute Gasteiger partial charge is 0.459 e. The van der Waals surface area contributed by atoms with E-state index in [2.05, 4.69) is 6.58 Å². The first-order valence-corrected chi connectivity index (χ1v) is 9.42. The Labute approximate surface area is 148 Å². The number of carbonyl (C=O) groups is 2. The Morgan fingerprint density at radius 2 is 2.16 bits per heavy atom. The molecule has 0 amide bonds. The van der Waals surface area contributed by atoms with Gasteiger partial charge in [-0.15, -0.1) is 6.58 Å². The second-order valence-electron chi connectivity index (χ2n) is 9.02. The Balaban J connectivity index is 1.92. The Hall–Kier alpha value is -1.20. The first kappa shape index (κ1) is 17.2. The second-order valence-corrected chi connectivity index (χ2v) is 9.02. The molecule has 5 heteroatoms. The van der Waals surface area contributed by atoms with E-state index in [1.807, 2.05) is 13.8 Å². The van der Waals surface area contributed by atoms with Crippen LogP contribution in [0.15, 0.2) is 12.7 Å². The summed E-state index contributed by atoms with van der Waals surface area (Å²) in [5.41, 5.74) is -1.43. The molecule has 0 saturated heterocycles. The van der Waals surface area contributed by atoms with Crippen LogP contribution < -0.4 is 0 Å². The van der Waals surface area contributed by atoms with Gasteiger partial charge in [-0.1, -0.05) is 19.9 Å². The van der Waals surface area contributed by atoms with E-state index in [-0.39, 0.29) is 23.0 Å². The van der Waals surface area contributed by atoms with Gasteiger partial charge in [0, 0.05) is 23.2 Å². The number of carbonyl (C=O) groups excluding carboxylic acids is 2. The predicted molar refractivity (Wildman–Crippen MR) is 90.4 cm³/mol. The molecule has 4 aliphatic rings. The highest BCUT2D eigenvalue weighted by Crippen LogP contribution is 2.79. The fourth-order valence-electron chi connectivity index (χ4n) is 7.02. The summed E-state index contributed by atoms with van der Waals surface area (Å²) >= 11 is 0. The zero-order valence-corrected chi connectivity index (χ0v) is 15.0. The Morgan fingerprint density at radius 1 is 1.44 bits per heavy atom. The van der Waals surface area contributed by atoms with Crippen molar-refractivity contribution in [2.75, 3.05) is 6.61 Å². The molecular formula is C20H28O5. The van der Waals surface area contributed by atoms with E-state index in [0.29, 0.717) is 12.3 Å². The topological polar surface area (TPSA) is 83.8 Å². The molecule has 0 heterocycles. The van der Waals surface area contributed by atoms with Crippen molar-refractivity contribution in [3.63, 3.8) is 0 Å². The average Bonchev–Trinajstić information content (AvgIpc) is 3.26. The van der Waals surface area contributed by atoms with Crippen LogP contribution in [0.1, 0.15) is 46.0 Å². The first-order valence-electron chi connectivity index (χ1n) is 9.42. The molecule has 2 N–H and O–H groups in total. The molecule has 8 atom stereocenters. The summed E-state index contributed by atoms with van der Waals surface area (Å²) < 4.78 is 5.76. The fraction of sp³-hybridized carbons (Fsp3) is 0.800. The number of ether oxygens (including phenoxy) is 1. The third-order valence-corrected chi connectivity index (χ3v) is 8.32. The molecule has 4 saturated carbocycles. The van der Waals surface area contributed by atoms with E-state index in [4.69, 9.17) is 4.74 Å². The maximum atomic E-state index is 13.0. The quantitative estimate of drug-likeness (QED) is 0.601. The molecule has 4 rings (SSSR count). The minimum absolute atomic E-state index is 0.0665. The fourth-order valence-corrected chi connectivity index (χ4v) is 7.02. The second kappa shape index (κ2) is 5.17. The lowest BCUT2D eigenvalue weighted by atomic mass is 9.57. The summed E-state index contributed by atoms with van der Waals surface area (Å²) in [6.45, 7) is 7.18. The van der Waals surface area contributed by atoms with Gasteiger partial charge in [0.2, 0.25) is 0 Å². The number of aliphatic hydroxyl groups is 2. The van der Waals surface area contributed by atoms with Crippen molar-refractivity contribution in [1.29, 1.82) is 0 Å². The molecular weight excluding hydrogens is 320 g/mol. The summed E-state index contributed by atoms with van der Waals surface area (Å²) in [4.78, 5) is 25.0. The van der Waals surface area contributed by atoms with Gasteiger partial charge in [0.1, 0.15) is 18.5 Å². The maximum Gasteiger partial charge on any atom is 0.332 e. The van der Waals surface area contributed by atoms with E-state index in [0.717, 1.165) is 25.7 Å². The van der Waals surface area contributed by atoms with Crippen LogP contribution in [0.25, 0.3) is 0 Å². The van der Waals surface area contributed by atoms with Gasteiger partial charge in [0.05, 0.1) is 6.10 Å². The highest BCUT2D eigenvalue weighted by atomic mass is 16.6. The van der Waals surface area contributed by atoms with E-state index >= 15 is 0 Å². The SMILES string of the molecule is C=C[C@]1(C)[C@@H](OC(=O)CO)[C@]23C[C@@H]2CC[C@]2(CCC(=O)[C@H]23)[C@@H](C)[C@@H]1O. The lowest BCUT2D eigenvalue weighted by molar-refractivity contribution is -0.173. The van der Waals surface area contributed by atoms with Crippen LogP contribution in [0, 0.1) is 34.0 Å². The molecule has 4 fully saturated rings. The third kappa shape index (κ3) is 1.86. The van der Waals surface area contributed by atoms with Gasteiger partial charge in [0.25, 0.3) is 0 Å². The third-order valence-electron chi connectivity index (χ3n) is 8.32. The van der Waals surface area contributed by atoms with Gasteiger partial charge in [-0.2, -0.15) is 0 Å². The first-order chi connectivity index (χ1) is 11.8. The van der Waals surface area contributed by atoms with Gasteiger partial charge < -0.3 is 14.9 Å². The van der Waals surface area contributed by atoms with E-state index in [1.165, 1.54) is 0 Å². The summed E-state index contributed by atoms with van der Waals surface area (Å²) in [7, 11) is 0. The molecule has 0 aromatic heterocycles. The summed E-state index contributed by atoms with van der Waals surface area (Å²) in [6.07, 6.45) is 4.55. The van der Waals surface area contributed by atoms with Crippen molar-refractivity contribution in [2.45, 2.75) is 58.2 Å². The number of ketones is 1. The number of aliphatic hydroxyl groups excluding tert-OH is 2. The number of hydrogen-bond donors (Lipinski definition) is 2. The highest BCUT2D eigenvalue weighted by Gasteiger charge is 2.79. The lowest BCUT2D eigenvalue weighted by Crippen LogP contribution is -2.51. The van der Waals surface area contributed by atoms with Crippen LogP contribution in [0.5, 0.6) is 0 Å². The maximum absolute atomic E-state index is 13.0. The normalized spacial score (nSPS) is 53.4. The molecule has 4 aliphatic carbocycles. The van der Waals surface area contributed by atoms with Crippen molar-refractivity contribution < 1.29 is 24.5 Å². The minimum atomic E-state index is -0.832. The molecule has 25 heavy (non-hydrogen) atoms. The van der Waals surface area contributed by atoms with Gasteiger partial charge in [-0.25, -0.2) is 4.79 Å². The molecule has 2 bridgehead atoms. The number of Topliss-reactive ketones (excluding diaryl/α,β-unsaturated/α-hetero) is 1. The Bertz CT molecular complexity index is 644. The van der Waals surface area contributed by atoms with E-state index in [1.54, 1.807) is 6.08 Å². The van der Waals surface area contributed by atoms with Crippen LogP contribution in [-0.2, 0) is 14.3 Å². The van der Waals surface area contributed by atoms with Crippen molar-refractivity contribution in [3.8, 4) is 0 Å². The van der Waals surface area contributed by atoms with Crippen LogP contribution in [0.4, 0.5) is 0 Å². The Morgan fingerprint density at radius 3 is 2.80 bits per heavy atom. The predicted octanol–water partition coefficient (Wildman–Crippen LogP) is 1.86. The standard InChI is InChI=1S/C20H28O5/c1-4-18(3)16(24)11(2)19-7-5-12-9-20(12,15(19)13(22)6-8-19)17(18)25-14(23)10-21/h4,11-12,15-17,21,24H,1,5-10H2,2-3H3/t11-,12-,15+,16-,17+,18-,19-,20+/m0/s1. The van der Waals surface area contributed by atoms with E-state index < -0.39 is 35.6 Å². The van der Waals surface area contributed by atoms with Gasteiger partial charge in [0.15, 0.2) is 0 Å². The van der Waals surface area contributed by atoms with Crippen LogP contribution in [-0.4, -0.2) is 40.8 Å². The minimum Gasteiger partial charge on any atom is -0.459 e. The summed E-state index contributed by atoms with van der Waals surface area (Å²) in [6, 6.07) is 0. The van der Waals surface area contributed by atoms with Crippen LogP contribution in [0.2, 0.25) is 0 Å². The zero-order chi connectivity index (χ0) is 18.2. The van der Waals surface area contributed by atoms with Crippen molar-refractivity contribution in [3.05, 3.63) is 12.7 Å². The molecule has 138 valence electrons. The van der Waals surface area contributed by atoms with Gasteiger partial charge >= 0.3 is 5.97 Å². The lowest BCUT2D eigenvalue weighted by Gasteiger charge is -2.46. The van der Waals surface area contributed by atoms with Gasteiger partial charge in [-0.05, 0) is 42.9 Å². The average molecular weight is 348 g/mol. The molecule has 0 aliphatic heterocycles. The Kier molecular flexibility index (Phi) is 3.56. The van der Waals surface area contributed by atoms with Crippen LogP contribution in [0.3, 0.4) is 0 Å². The smallest absolute Gasteiger partial charge is 0.332 e. The molecule has 0 radical (unpaired) electrons. The number of hydrogen-bond acceptors (Lipinski definition) is 5. The molecule has 5 nitrogen and oxygen atoms in total. The molecule has 0 aromatic rings. The van der Waals surface area contributed by atoms with Crippen molar-refractivity contribution in [1.82, 2.24) is 0 Å². The summed E-state index contributed by atoms with van der Waals surface area (Å²) in [5.74, 6) is -0.299. The number of esters is 1. The zero-order valence-electron chi connectivity index (χ0n) is 15.0. The summed E-state index contributed by atoms with van der Waals surface area (Å²) in [5, 5.41) is 20.5. The monoisotopic (exact) mass is 348 g/mol. The van der Waals surface area contributed by atoms with Crippen molar-refractivity contribution in [2.24, 2.45) is 34.0 Å². The highest BCUT2D eigenvalue weighted by molar-refractivity contribution is 5.86. The molecule has 0 aromatic carbocycles. The molecule has 0 unspecified atom stereocenters. The van der Waals surface area contributed by atoms with E-state index in [9.17, 15) is 19.8 Å². The molecule has 1 spiro atoms.